The van der Waals surface area contributed by atoms with Crippen LogP contribution in [0, 0.1) is 6.92 Å². The van der Waals surface area contributed by atoms with Crippen LogP contribution in [0.2, 0.25) is 0 Å². The fraction of sp³-hybridized carbons (Fsp3) is 0.438. The van der Waals surface area contributed by atoms with Crippen molar-refractivity contribution < 1.29 is 14.6 Å². The number of carbonyl (C=O) groups excluding carboxylic acids is 1. The number of nitrogens with one attached hydrogen (secondary N) is 1. The van der Waals surface area contributed by atoms with Gasteiger partial charge in [-0.2, -0.15) is 0 Å². The predicted molar refractivity (Wildman–Crippen MR) is 84.4 cm³/mol. The second-order valence-corrected chi connectivity index (χ2v) is 6.49. The third-order valence-corrected chi connectivity index (χ3v) is 5.16. The molecule has 0 bridgehead atoms. The molecule has 0 aliphatic carbocycles. The van der Waals surface area contributed by atoms with Gasteiger partial charge in [0.2, 0.25) is 0 Å². The van der Waals surface area contributed by atoms with Crippen molar-refractivity contribution in [2.75, 3.05) is 13.1 Å². The summed E-state index contributed by atoms with van der Waals surface area (Å²) >= 11 is 0. The zero-order valence-corrected chi connectivity index (χ0v) is 13.2. The Morgan fingerprint density at radius 1 is 1.42 bits per heavy atom. The number of carbonyl (C=O) groups is 1. The number of fused-ring (bicyclic) bond motifs is 7. The maximum Gasteiger partial charge on any atom is 0.404 e. The average molecular weight is 327 g/mol. The maximum atomic E-state index is 11.1. The number of hydrogen-bond acceptors (Lipinski definition) is 6. The van der Waals surface area contributed by atoms with Crippen molar-refractivity contribution >= 4 is 17.0 Å². The standard InChI is InChI=1S/C16H17N5O3/c1-6-10-12(19-3-2-18-10)9-7(5-24-16(17)23)13-11-8(20-11)4-21(13)14(9)15(6)22/h8,11,20,22H,2-5H2,1H3,(H2,17,23)/t8-,11-/m0/s1. The number of phenolic OH excluding ortho intramolecular Hbond substituents is 1. The summed E-state index contributed by atoms with van der Waals surface area (Å²) in [5, 5.41) is 16.5. The molecule has 1 fully saturated rings. The Hall–Kier alpha value is -2.61. The summed E-state index contributed by atoms with van der Waals surface area (Å²) in [6.07, 6.45) is -0.812. The van der Waals surface area contributed by atoms with Gasteiger partial charge < -0.3 is 25.5 Å². The Balaban J connectivity index is 1.91. The molecule has 5 rings (SSSR count). The molecule has 4 heterocycles. The molecule has 1 amide bonds. The van der Waals surface area contributed by atoms with Crippen LogP contribution in [0.5, 0.6) is 5.75 Å². The lowest BCUT2D eigenvalue weighted by Gasteiger charge is -2.10. The Morgan fingerprint density at radius 3 is 2.92 bits per heavy atom. The molecule has 2 aromatic rings. The first-order chi connectivity index (χ1) is 11.6. The summed E-state index contributed by atoms with van der Waals surface area (Å²) in [6, 6.07) is 0.619. The molecule has 124 valence electrons. The summed E-state index contributed by atoms with van der Waals surface area (Å²) < 4.78 is 7.21. The zero-order chi connectivity index (χ0) is 16.6. The Labute approximate surface area is 136 Å². The first-order valence-corrected chi connectivity index (χ1v) is 8.01. The van der Waals surface area contributed by atoms with Crippen molar-refractivity contribution in [1.29, 1.82) is 0 Å². The van der Waals surface area contributed by atoms with Crippen LogP contribution in [0.3, 0.4) is 0 Å². The molecule has 3 aliphatic heterocycles. The van der Waals surface area contributed by atoms with E-state index in [0.29, 0.717) is 19.1 Å². The lowest BCUT2D eigenvalue weighted by Crippen LogP contribution is -2.33. The molecule has 1 aromatic heterocycles. The summed E-state index contributed by atoms with van der Waals surface area (Å²) in [4.78, 5) is 20.3. The zero-order valence-electron chi connectivity index (χ0n) is 13.2. The molecule has 8 heteroatoms. The van der Waals surface area contributed by atoms with Crippen LogP contribution in [0.25, 0.3) is 10.9 Å². The van der Waals surface area contributed by atoms with Gasteiger partial charge in [-0.3, -0.25) is 9.98 Å². The van der Waals surface area contributed by atoms with E-state index in [0.717, 1.165) is 45.0 Å². The number of benzene rings is 1. The van der Waals surface area contributed by atoms with E-state index < -0.39 is 6.09 Å². The number of hydrogen-bond donors (Lipinski definition) is 3. The van der Waals surface area contributed by atoms with E-state index in [1.54, 1.807) is 0 Å². The first-order valence-electron chi connectivity index (χ1n) is 8.01. The van der Waals surface area contributed by atoms with E-state index in [1.807, 2.05) is 6.92 Å². The minimum absolute atomic E-state index is 0.0729. The Bertz CT molecular complexity index is 1040. The second-order valence-electron chi connectivity index (χ2n) is 6.49. The van der Waals surface area contributed by atoms with E-state index in [4.69, 9.17) is 10.5 Å². The quantitative estimate of drug-likeness (QED) is 0.645. The first kappa shape index (κ1) is 13.8. The largest absolute Gasteiger partial charge is 0.505 e. The molecule has 3 aliphatic rings. The minimum Gasteiger partial charge on any atom is -0.505 e. The maximum absolute atomic E-state index is 11.1. The van der Waals surface area contributed by atoms with Gasteiger partial charge in [0.1, 0.15) is 12.4 Å². The van der Waals surface area contributed by atoms with E-state index in [2.05, 4.69) is 19.9 Å². The van der Waals surface area contributed by atoms with Crippen LogP contribution in [-0.2, 0) is 17.9 Å². The Kier molecular flexibility index (Phi) is 2.57. The van der Waals surface area contributed by atoms with Crippen LogP contribution in [0.4, 0.5) is 4.79 Å². The monoisotopic (exact) mass is 327 g/mol. The van der Waals surface area contributed by atoms with E-state index in [9.17, 15) is 9.90 Å². The summed E-state index contributed by atoms with van der Waals surface area (Å²) in [5.41, 5.74) is 8.60. The fourth-order valence-electron chi connectivity index (χ4n) is 4.08. The second kappa shape index (κ2) is 4.47. The summed E-state index contributed by atoms with van der Waals surface area (Å²) in [5.74, 6) is 0.234. The highest BCUT2D eigenvalue weighted by Gasteiger charge is 2.48. The number of ether oxygens (including phenoxy) is 1. The van der Waals surface area contributed by atoms with Crippen molar-refractivity contribution in [3.05, 3.63) is 27.5 Å². The smallest absolute Gasteiger partial charge is 0.404 e. The number of phenols is 1. The summed E-state index contributed by atoms with van der Waals surface area (Å²) in [6.45, 7) is 3.96. The normalized spacial score (nSPS) is 23.0. The number of nitrogens with two attached hydrogens (primary N) is 1. The molecule has 0 unspecified atom stereocenters. The van der Waals surface area contributed by atoms with Gasteiger partial charge in [0, 0.05) is 34.8 Å². The molecule has 0 saturated carbocycles. The average Bonchev–Trinajstić information content (AvgIpc) is 3.11. The van der Waals surface area contributed by atoms with Crippen LogP contribution in [0.15, 0.2) is 9.98 Å². The molecule has 0 spiro atoms. The highest BCUT2D eigenvalue weighted by Crippen LogP contribution is 2.45. The molecule has 4 N–H and O–H groups in total. The van der Waals surface area contributed by atoms with Crippen LogP contribution < -0.4 is 21.8 Å². The lowest BCUT2D eigenvalue weighted by molar-refractivity contribution is 0.150. The number of aromatic nitrogens is 1. The molecule has 1 saturated heterocycles. The third kappa shape index (κ3) is 1.63. The number of primary amides is 1. The molecule has 2 atom stereocenters. The van der Waals surface area contributed by atoms with Crippen molar-refractivity contribution in [2.24, 2.45) is 15.7 Å². The number of nitrogens with zero attached hydrogens (tertiary/aromatic N) is 3. The predicted octanol–water partition coefficient (Wildman–Crippen LogP) is -0.470. The van der Waals surface area contributed by atoms with E-state index in [1.165, 1.54) is 0 Å². The summed E-state index contributed by atoms with van der Waals surface area (Å²) in [7, 11) is 0. The van der Waals surface area contributed by atoms with Crippen LogP contribution >= 0.6 is 0 Å². The van der Waals surface area contributed by atoms with Gasteiger partial charge in [-0.05, 0) is 6.92 Å². The third-order valence-electron chi connectivity index (χ3n) is 5.16. The molecule has 0 radical (unpaired) electrons. The van der Waals surface area contributed by atoms with Gasteiger partial charge in [-0.1, -0.05) is 0 Å². The minimum atomic E-state index is -0.812. The molecule has 8 nitrogen and oxygen atoms in total. The highest BCUT2D eigenvalue weighted by molar-refractivity contribution is 5.92. The van der Waals surface area contributed by atoms with Crippen LogP contribution in [-0.4, -0.2) is 34.9 Å². The number of aromatic hydroxyl groups is 1. The van der Waals surface area contributed by atoms with E-state index in [-0.39, 0.29) is 18.4 Å². The number of amides is 1. The van der Waals surface area contributed by atoms with Gasteiger partial charge in [0.15, 0.2) is 0 Å². The van der Waals surface area contributed by atoms with Crippen molar-refractivity contribution in [3.63, 3.8) is 0 Å². The van der Waals surface area contributed by atoms with Crippen molar-refractivity contribution in [3.8, 4) is 5.75 Å². The van der Waals surface area contributed by atoms with Gasteiger partial charge in [-0.15, -0.1) is 0 Å². The molecule has 1 aromatic carbocycles. The van der Waals surface area contributed by atoms with Crippen LogP contribution in [0.1, 0.15) is 22.9 Å². The molecular weight excluding hydrogens is 310 g/mol. The Morgan fingerprint density at radius 2 is 2.17 bits per heavy atom. The van der Waals surface area contributed by atoms with Gasteiger partial charge in [0.05, 0.1) is 35.4 Å². The SMILES string of the molecule is Cc1c(O)c2c(c(COC(N)=O)c3n2C[C@@H]2N[C@H]32)c2c1=NCCN=2. The number of rotatable bonds is 2. The molecular formula is C16H17N5O3. The topological polar surface area (TPSA) is 124 Å². The van der Waals surface area contributed by atoms with E-state index >= 15 is 0 Å². The van der Waals surface area contributed by atoms with Crippen molar-refractivity contribution in [2.45, 2.75) is 32.2 Å². The van der Waals surface area contributed by atoms with Gasteiger partial charge in [-0.25, -0.2) is 4.79 Å². The van der Waals surface area contributed by atoms with Crippen molar-refractivity contribution in [1.82, 2.24) is 9.88 Å². The van der Waals surface area contributed by atoms with Gasteiger partial charge in [0.25, 0.3) is 0 Å². The highest BCUT2D eigenvalue weighted by atomic mass is 16.5. The molecule has 24 heavy (non-hydrogen) atoms. The lowest BCUT2D eigenvalue weighted by atomic mass is 10.0. The van der Waals surface area contributed by atoms with Gasteiger partial charge >= 0.3 is 6.09 Å². The fourth-order valence-corrected chi connectivity index (χ4v) is 4.08.